The molecule has 19 heavy (non-hydrogen) atoms. The Kier molecular flexibility index (Phi) is 4.59. The molecule has 1 aromatic carbocycles. The molecule has 106 valence electrons. The summed E-state index contributed by atoms with van der Waals surface area (Å²) in [7, 11) is 0. The van der Waals surface area contributed by atoms with Gasteiger partial charge in [0.2, 0.25) is 0 Å². The van der Waals surface area contributed by atoms with E-state index >= 15 is 0 Å². The Hall–Kier alpha value is -0.510. The van der Waals surface area contributed by atoms with E-state index < -0.39 is 0 Å². The van der Waals surface area contributed by atoms with E-state index in [2.05, 4.69) is 38.1 Å². The van der Waals surface area contributed by atoms with Crippen molar-refractivity contribution in [1.82, 2.24) is 0 Å². The molecule has 0 saturated carbocycles. The minimum Gasteiger partial charge on any atom is -0.390 e. The van der Waals surface area contributed by atoms with Crippen LogP contribution in [-0.4, -0.2) is 28.2 Å². The van der Waals surface area contributed by atoms with Crippen molar-refractivity contribution in [3.63, 3.8) is 0 Å². The SMILES string of the molecule is CC1(C)C[C@H](O)[C@](C)(CCCSc2ccccc2)O1. The van der Waals surface area contributed by atoms with Gasteiger partial charge in [0.15, 0.2) is 0 Å². The Morgan fingerprint density at radius 1 is 1.26 bits per heavy atom. The summed E-state index contributed by atoms with van der Waals surface area (Å²) in [5.41, 5.74) is -0.568. The quantitative estimate of drug-likeness (QED) is 0.655. The molecule has 0 spiro atoms. The zero-order valence-corrected chi connectivity index (χ0v) is 12.9. The van der Waals surface area contributed by atoms with E-state index in [1.165, 1.54) is 4.90 Å². The smallest absolute Gasteiger partial charge is 0.0920 e. The fourth-order valence-electron chi connectivity index (χ4n) is 2.77. The van der Waals surface area contributed by atoms with Gasteiger partial charge in [-0.3, -0.25) is 0 Å². The van der Waals surface area contributed by atoms with Crippen molar-refractivity contribution >= 4 is 11.8 Å². The van der Waals surface area contributed by atoms with E-state index in [1.807, 2.05) is 24.8 Å². The molecule has 0 aromatic heterocycles. The fraction of sp³-hybridized carbons (Fsp3) is 0.625. The number of benzene rings is 1. The van der Waals surface area contributed by atoms with Crippen LogP contribution in [0.15, 0.2) is 35.2 Å². The summed E-state index contributed by atoms with van der Waals surface area (Å²) < 4.78 is 6.04. The Morgan fingerprint density at radius 2 is 1.95 bits per heavy atom. The number of hydrogen-bond donors (Lipinski definition) is 1. The molecule has 3 heteroatoms. The lowest BCUT2D eigenvalue weighted by Crippen LogP contribution is -2.36. The Bertz CT molecular complexity index is 404. The van der Waals surface area contributed by atoms with Crippen LogP contribution in [-0.2, 0) is 4.74 Å². The molecule has 0 bridgehead atoms. The second-order valence-corrected chi connectivity index (χ2v) is 7.33. The number of hydrogen-bond acceptors (Lipinski definition) is 3. The minimum atomic E-state index is -0.374. The van der Waals surface area contributed by atoms with Crippen LogP contribution in [0.25, 0.3) is 0 Å². The molecule has 1 fully saturated rings. The Morgan fingerprint density at radius 3 is 2.53 bits per heavy atom. The van der Waals surface area contributed by atoms with Gasteiger partial charge in [0, 0.05) is 11.3 Å². The number of aliphatic hydroxyl groups is 1. The third-order valence-corrected chi connectivity index (χ3v) is 4.83. The van der Waals surface area contributed by atoms with Crippen molar-refractivity contribution in [3.8, 4) is 0 Å². The molecule has 0 unspecified atom stereocenters. The molecule has 1 aliphatic rings. The second-order valence-electron chi connectivity index (χ2n) is 6.16. The normalized spacial score (nSPS) is 29.6. The van der Waals surface area contributed by atoms with E-state index in [4.69, 9.17) is 4.74 Å². The second kappa shape index (κ2) is 5.86. The first-order valence-corrected chi connectivity index (χ1v) is 7.96. The molecule has 1 saturated heterocycles. The molecule has 0 amide bonds. The summed E-state index contributed by atoms with van der Waals surface area (Å²) in [6.07, 6.45) is 2.36. The van der Waals surface area contributed by atoms with Crippen LogP contribution < -0.4 is 0 Å². The molecule has 1 aromatic rings. The van der Waals surface area contributed by atoms with Crippen molar-refractivity contribution in [2.45, 2.75) is 62.2 Å². The van der Waals surface area contributed by atoms with Gasteiger partial charge in [-0.1, -0.05) is 18.2 Å². The molecule has 1 N–H and O–H groups in total. The summed E-state index contributed by atoms with van der Waals surface area (Å²) in [5, 5.41) is 10.2. The summed E-state index contributed by atoms with van der Waals surface area (Å²) >= 11 is 1.87. The van der Waals surface area contributed by atoms with Crippen LogP contribution >= 0.6 is 11.8 Å². The van der Waals surface area contributed by atoms with E-state index in [1.54, 1.807) is 0 Å². The standard InChI is InChI=1S/C16H24O2S/c1-15(2)12-14(17)16(3,18-15)10-7-11-19-13-8-5-4-6-9-13/h4-6,8-9,14,17H,7,10-12H2,1-3H3/t14-,16-/m0/s1. The highest BCUT2D eigenvalue weighted by atomic mass is 32.2. The van der Waals surface area contributed by atoms with Crippen LogP contribution in [0, 0.1) is 0 Å². The Balaban J connectivity index is 1.77. The molecule has 2 rings (SSSR count). The van der Waals surface area contributed by atoms with Crippen molar-refractivity contribution in [3.05, 3.63) is 30.3 Å². The summed E-state index contributed by atoms with van der Waals surface area (Å²) in [5.74, 6) is 1.07. The molecule has 2 atom stereocenters. The van der Waals surface area contributed by atoms with Gasteiger partial charge >= 0.3 is 0 Å². The maximum absolute atomic E-state index is 10.2. The van der Waals surface area contributed by atoms with Crippen LogP contribution in [0.1, 0.15) is 40.0 Å². The highest BCUT2D eigenvalue weighted by Crippen LogP contribution is 2.40. The minimum absolute atomic E-state index is 0.194. The van der Waals surface area contributed by atoms with Crippen molar-refractivity contribution in [1.29, 1.82) is 0 Å². The van der Waals surface area contributed by atoms with Crippen molar-refractivity contribution in [2.75, 3.05) is 5.75 Å². The number of rotatable bonds is 5. The highest BCUT2D eigenvalue weighted by Gasteiger charge is 2.47. The predicted octanol–water partition coefficient (Wildman–Crippen LogP) is 3.88. The van der Waals surface area contributed by atoms with Crippen LogP contribution in [0.4, 0.5) is 0 Å². The molecular formula is C16H24O2S. The summed E-state index contributed by atoms with van der Waals surface area (Å²) in [4.78, 5) is 1.31. The van der Waals surface area contributed by atoms with Gasteiger partial charge in [0.05, 0.1) is 17.3 Å². The van der Waals surface area contributed by atoms with Crippen LogP contribution in [0.5, 0.6) is 0 Å². The lowest BCUT2D eigenvalue weighted by molar-refractivity contribution is -0.105. The number of aliphatic hydroxyl groups excluding tert-OH is 1. The number of ether oxygens (including phenoxy) is 1. The van der Waals surface area contributed by atoms with Crippen molar-refractivity contribution in [2.24, 2.45) is 0 Å². The summed E-state index contributed by atoms with van der Waals surface area (Å²) in [6, 6.07) is 10.4. The third kappa shape index (κ3) is 3.98. The average molecular weight is 280 g/mol. The predicted molar refractivity (Wildman–Crippen MR) is 80.6 cm³/mol. The highest BCUT2D eigenvalue weighted by molar-refractivity contribution is 7.99. The first-order chi connectivity index (χ1) is 8.91. The van der Waals surface area contributed by atoms with E-state index in [-0.39, 0.29) is 17.3 Å². The lowest BCUT2D eigenvalue weighted by Gasteiger charge is -2.29. The van der Waals surface area contributed by atoms with E-state index in [0.717, 1.165) is 25.0 Å². The first-order valence-electron chi connectivity index (χ1n) is 6.97. The zero-order valence-electron chi connectivity index (χ0n) is 12.1. The lowest BCUT2D eigenvalue weighted by atomic mass is 9.92. The van der Waals surface area contributed by atoms with Gasteiger partial charge in [0.1, 0.15) is 0 Å². The zero-order chi connectivity index (χ0) is 13.9. The van der Waals surface area contributed by atoms with Gasteiger partial charge in [0.25, 0.3) is 0 Å². The van der Waals surface area contributed by atoms with E-state index in [9.17, 15) is 5.11 Å². The monoisotopic (exact) mass is 280 g/mol. The molecular weight excluding hydrogens is 256 g/mol. The van der Waals surface area contributed by atoms with Gasteiger partial charge in [-0.15, -0.1) is 11.8 Å². The van der Waals surface area contributed by atoms with Crippen LogP contribution in [0.2, 0.25) is 0 Å². The average Bonchev–Trinajstić information content (AvgIpc) is 2.55. The maximum Gasteiger partial charge on any atom is 0.0920 e. The maximum atomic E-state index is 10.2. The first kappa shape index (κ1) is 14.9. The fourth-order valence-corrected chi connectivity index (χ4v) is 3.64. The molecule has 2 nitrogen and oxygen atoms in total. The van der Waals surface area contributed by atoms with Crippen molar-refractivity contribution < 1.29 is 9.84 Å². The largest absolute Gasteiger partial charge is 0.390 e. The number of thioether (sulfide) groups is 1. The molecule has 0 radical (unpaired) electrons. The summed E-state index contributed by atoms with van der Waals surface area (Å²) in [6.45, 7) is 6.15. The van der Waals surface area contributed by atoms with Gasteiger partial charge in [-0.2, -0.15) is 0 Å². The third-order valence-electron chi connectivity index (χ3n) is 3.73. The van der Waals surface area contributed by atoms with Crippen LogP contribution in [0.3, 0.4) is 0 Å². The van der Waals surface area contributed by atoms with Gasteiger partial charge in [-0.05, 0) is 51.5 Å². The molecule has 1 heterocycles. The molecule has 1 aliphatic heterocycles. The molecule has 0 aliphatic carbocycles. The van der Waals surface area contributed by atoms with Gasteiger partial charge < -0.3 is 9.84 Å². The van der Waals surface area contributed by atoms with Gasteiger partial charge in [-0.25, -0.2) is 0 Å². The Labute approximate surface area is 120 Å². The van der Waals surface area contributed by atoms with E-state index in [0.29, 0.717) is 0 Å². The topological polar surface area (TPSA) is 29.5 Å².